The first-order valence-corrected chi connectivity index (χ1v) is 7.92. The molecular formula is C16H21ClN2O4. The van der Waals surface area contributed by atoms with Crippen LogP contribution in [0, 0.1) is 5.92 Å². The molecule has 2 rings (SSSR count). The van der Waals surface area contributed by atoms with Gasteiger partial charge in [0.05, 0.1) is 19.3 Å². The summed E-state index contributed by atoms with van der Waals surface area (Å²) in [6.07, 6.45) is -1.12. The monoisotopic (exact) mass is 340 g/mol. The highest BCUT2D eigenvalue weighted by Crippen LogP contribution is 2.21. The first-order valence-electron chi connectivity index (χ1n) is 7.54. The number of nitrogens with one attached hydrogen (secondary N) is 1. The SMILES string of the molecule is CC(C)COC(=O)N1C[C@@H](O)C[C@H]1C(=O)Nc1ccc(Cl)cc1. The van der Waals surface area contributed by atoms with E-state index >= 15 is 0 Å². The molecule has 1 aliphatic heterocycles. The average Bonchev–Trinajstić information content (AvgIpc) is 2.89. The number of carbonyl (C=O) groups is 2. The molecule has 1 aromatic carbocycles. The highest BCUT2D eigenvalue weighted by molar-refractivity contribution is 6.30. The van der Waals surface area contributed by atoms with Crippen LogP contribution in [0.3, 0.4) is 0 Å². The van der Waals surface area contributed by atoms with Gasteiger partial charge in [0.2, 0.25) is 5.91 Å². The molecule has 0 radical (unpaired) electrons. The molecule has 1 saturated heterocycles. The quantitative estimate of drug-likeness (QED) is 0.882. The number of halogens is 1. The van der Waals surface area contributed by atoms with Crippen LogP contribution in [-0.2, 0) is 9.53 Å². The molecule has 7 heteroatoms. The second-order valence-corrected chi connectivity index (χ2v) is 6.46. The van der Waals surface area contributed by atoms with Gasteiger partial charge in [0, 0.05) is 17.1 Å². The van der Waals surface area contributed by atoms with E-state index in [4.69, 9.17) is 16.3 Å². The predicted molar refractivity (Wildman–Crippen MR) is 87.4 cm³/mol. The Morgan fingerprint density at radius 2 is 2.04 bits per heavy atom. The molecule has 0 saturated carbocycles. The van der Waals surface area contributed by atoms with Crippen molar-refractivity contribution in [3.05, 3.63) is 29.3 Å². The van der Waals surface area contributed by atoms with Gasteiger partial charge in [0.15, 0.2) is 0 Å². The van der Waals surface area contributed by atoms with Gasteiger partial charge in [0.25, 0.3) is 0 Å². The minimum absolute atomic E-state index is 0.0929. The zero-order valence-electron chi connectivity index (χ0n) is 13.2. The molecule has 0 aliphatic carbocycles. The van der Waals surface area contributed by atoms with Gasteiger partial charge in [-0.2, -0.15) is 0 Å². The first-order chi connectivity index (χ1) is 10.9. The Bertz CT molecular complexity index is 562. The molecule has 1 heterocycles. The number of hydrogen-bond acceptors (Lipinski definition) is 4. The number of ether oxygens (including phenoxy) is 1. The number of amides is 2. The van der Waals surface area contributed by atoms with Crippen molar-refractivity contribution >= 4 is 29.3 Å². The number of β-amino-alcohol motifs (C(OH)–C–C–N with tert-alkyl or cyclic N) is 1. The molecule has 1 aliphatic rings. The van der Waals surface area contributed by atoms with Crippen LogP contribution in [-0.4, -0.2) is 47.3 Å². The Balaban J connectivity index is 2.01. The Morgan fingerprint density at radius 3 is 2.65 bits per heavy atom. The minimum Gasteiger partial charge on any atom is -0.449 e. The van der Waals surface area contributed by atoms with E-state index in [1.165, 1.54) is 4.90 Å². The third-order valence-corrected chi connectivity index (χ3v) is 3.72. The number of aliphatic hydroxyl groups excluding tert-OH is 1. The van der Waals surface area contributed by atoms with Gasteiger partial charge in [0.1, 0.15) is 6.04 Å². The number of rotatable bonds is 4. The van der Waals surface area contributed by atoms with Gasteiger partial charge >= 0.3 is 6.09 Å². The standard InChI is InChI=1S/C16H21ClN2O4/c1-10(2)9-23-16(22)19-8-13(20)7-14(19)15(21)18-12-5-3-11(17)4-6-12/h3-6,10,13-14,20H,7-9H2,1-2H3,(H,18,21)/t13-,14-/m0/s1. The molecular weight excluding hydrogens is 320 g/mol. The summed E-state index contributed by atoms with van der Waals surface area (Å²) in [6.45, 7) is 4.22. The van der Waals surface area contributed by atoms with E-state index in [2.05, 4.69) is 5.32 Å². The zero-order chi connectivity index (χ0) is 17.0. The molecule has 0 aromatic heterocycles. The number of nitrogens with zero attached hydrogens (tertiary/aromatic N) is 1. The van der Waals surface area contributed by atoms with E-state index in [1.807, 2.05) is 13.8 Å². The fraction of sp³-hybridized carbons (Fsp3) is 0.500. The van der Waals surface area contributed by atoms with Gasteiger partial charge in [-0.15, -0.1) is 0 Å². The number of anilines is 1. The van der Waals surface area contributed by atoms with E-state index in [-0.39, 0.29) is 31.4 Å². The van der Waals surface area contributed by atoms with Gasteiger partial charge < -0.3 is 15.2 Å². The van der Waals surface area contributed by atoms with E-state index in [0.29, 0.717) is 10.7 Å². The topological polar surface area (TPSA) is 78.9 Å². The summed E-state index contributed by atoms with van der Waals surface area (Å²) < 4.78 is 5.16. The van der Waals surface area contributed by atoms with Crippen molar-refractivity contribution in [3.63, 3.8) is 0 Å². The summed E-state index contributed by atoms with van der Waals surface area (Å²) in [5.41, 5.74) is 0.580. The Hall–Kier alpha value is -1.79. The van der Waals surface area contributed by atoms with Crippen LogP contribution in [0.2, 0.25) is 5.02 Å². The van der Waals surface area contributed by atoms with Crippen molar-refractivity contribution in [3.8, 4) is 0 Å². The molecule has 126 valence electrons. The summed E-state index contributed by atoms with van der Waals surface area (Å²) in [5, 5.41) is 13.1. The maximum atomic E-state index is 12.4. The Labute approximate surface area is 140 Å². The molecule has 1 aromatic rings. The summed E-state index contributed by atoms with van der Waals surface area (Å²) in [7, 11) is 0. The smallest absolute Gasteiger partial charge is 0.410 e. The van der Waals surface area contributed by atoms with Crippen molar-refractivity contribution < 1.29 is 19.4 Å². The van der Waals surface area contributed by atoms with Crippen LogP contribution in [0.5, 0.6) is 0 Å². The highest BCUT2D eigenvalue weighted by atomic mass is 35.5. The molecule has 1 fully saturated rings. The lowest BCUT2D eigenvalue weighted by Gasteiger charge is -2.23. The lowest BCUT2D eigenvalue weighted by Crippen LogP contribution is -2.43. The first kappa shape index (κ1) is 17.6. The van der Waals surface area contributed by atoms with E-state index in [0.717, 1.165) is 0 Å². The van der Waals surface area contributed by atoms with E-state index < -0.39 is 18.2 Å². The summed E-state index contributed by atoms with van der Waals surface area (Å²) in [5.74, 6) is -0.154. The van der Waals surface area contributed by atoms with Crippen LogP contribution in [0.25, 0.3) is 0 Å². The maximum Gasteiger partial charge on any atom is 0.410 e. The predicted octanol–water partition coefficient (Wildman–Crippen LogP) is 2.51. The van der Waals surface area contributed by atoms with Crippen LogP contribution < -0.4 is 5.32 Å². The molecule has 0 unspecified atom stereocenters. The largest absolute Gasteiger partial charge is 0.449 e. The fourth-order valence-electron chi connectivity index (χ4n) is 2.34. The van der Waals surface area contributed by atoms with Crippen LogP contribution >= 0.6 is 11.6 Å². The van der Waals surface area contributed by atoms with Gasteiger partial charge in [-0.05, 0) is 30.2 Å². The minimum atomic E-state index is -0.750. The van der Waals surface area contributed by atoms with E-state index in [1.54, 1.807) is 24.3 Å². The lowest BCUT2D eigenvalue weighted by atomic mass is 10.2. The fourth-order valence-corrected chi connectivity index (χ4v) is 2.47. The van der Waals surface area contributed by atoms with Crippen molar-refractivity contribution in [2.24, 2.45) is 5.92 Å². The number of carbonyl (C=O) groups excluding carboxylic acids is 2. The van der Waals surface area contributed by atoms with Crippen LogP contribution in [0.4, 0.5) is 10.5 Å². The van der Waals surface area contributed by atoms with Crippen molar-refractivity contribution in [1.82, 2.24) is 4.90 Å². The average molecular weight is 341 g/mol. The van der Waals surface area contributed by atoms with Gasteiger partial charge in [-0.1, -0.05) is 25.4 Å². The second kappa shape index (κ2) is 7.66. The lowest BCUT2D eigenvalue weighted by molar-refractivity contribution is -0.120. The maximum absolute atomic E-state index is 12.4. The summed E-state index contributed by atoms with van der Waals surface area (Å²) in [6, 6.07) is 5.92. The number of likely N-dealkylation sites (tertiary alicyclic amines) is 1. The number of benzene rings is 1. The summed E-state index contributed by atoms with van der Waals surface area (Å²) in [4.78, 5) is 25.8. The third-order valence-electron chi connectivity index (χ3n) is 3.47. The molecule has 0 bridgehead atoms. The van der Waals surface area contributed by atoms with Gasteiger partial charge in [-0.3, -0.25) is 9.69 Å². The Kier molecular flexibility index (Phi) is 5.85. The van der Waals surface area contributed by atoms with E-state index in [9.17, 15) is 14.7 Å². The van der Waals surface area contributed by atoms with Crippen molar-refractivity contribution in [2.45, 2.75) is 32.4 Å². The molecule has 23 heavy (non-hydrogen) atoms. The Morgan fingerprint density at radius 1 is 1.39 bits per heavy atom. The second-order valence-electron chi connectivity index (χ2n) is 6.02. The molecule has 6 nitrogen and oxygen atoms in total. The normalized spacial score (nSPS) is 20.7. The van der Waals surface area contributed by atoms with Crippen LogP contribution in [0.15, 0.2) is 24.3 Å². The van der Waals surface area contributed by atoms with Crippen molar-refractivity contribution in [2.75, 3.05) is 18.5 Å². The van der Waals surface area contributed by atoms with Crippen molar-refractivity contribution in [1.29, 1.82) is 0 Å². The number of aliphatic hydroxyl groups is 1. The van der Waals surface area contributed by atoms with Crippen LogP contribution in [0.1, 0.15) is 20.3 Å². The summed E-state index contributed by atoms with van der Waals surface area (Å²) >= 11 is 5.80. The molecule has 0 spiro atoms. The molecule has 2 atom stereocenters. The molecule has 2 N–H and O–H groups in total. The molecule has 2 amide bonds. The number of hydrogen-bond donors (Lipinski definition) is 2. The van der Waals surface area contributed by atoms with Gasteiger partial charge in [-0.25, -0.2) is 4.79 Å². The third kappa shape index (κ3) is 4.84. The zero-order valence-corrected chi connectivity index (χ0v) is 13.9. The highest BCUT2D eigenvalue weighted by Gasteiger charge is 2.39.